The number of halogens is 3. The van der Waals surface area contributed by atoms with Crippen molar-refractivity contribution in [3.05, 3.63) is 58.1 Å². The van der Waals surface area contributed by atoms with Gasteiger partial charge in [0.25, 0.3) is 5.91 Å². The Morgan fingerprint density at radius 1 is 1.19 bits per heavy atom. The Kier molecular flexibility index (Phi) is 8.73. The van der Waals surface area contributed by atoms with Crippen molar-refractivity contribution in [3.8, 4) is 0 Å². The van der Waals surface area contributed by atoms with Crippen LogP contribution in [0.1, 0.15) is 27.9 Å². The number of nitrogen functional groups attached to an aromatic ring is 1. The molecule has 1 heterocycles. The molecule has 0 spiro atoms. The van der Waals surface area contributed by atoms with Crippen LogP contribution < -0.4 is 16.0 Å². The molecule has 1 unspecified atom stereocenters. The van der Waals surface area contributed by atoms with E-state index in [1.54, 1.807) is 6.07 Å². The molecule has 3 rings (SSSR count). The predicted molar refractivity (Wildman–Crippen MR) is 119 cm³/mol. The second-order valence-electron chi connectivity index (χ2n) is 6.82. The van der Waals surface area contributed by atoms with Gasteiger partial charge in [0, 0.05) is 41.6 Å². The molecule has 148 valence electrons. The Morgan fingerprint density at radius 3 is 2.63 bits per heavy atom. The molecule has 0 aliphatic carbocycles. The lowest BCUT2D eigenvalue weighted by Crippen LogP contribution is -2.31. The van der Waals surface area contributed by atoms with E-state index in [0.717, 1.165) is 30.1 Å². The molecule has 2 aromatic rings. The fourth-order valence-corrected chi connectivity index (χ4v) is 3.52. The highest BCUT2D eigenvalue weighted by Gasteiger charge is 2.24. The number of carbonyl (C=O) groups excluding carboxylic acids is 1. The second kappa shape index (κ2) is 10.1. The van der Waals surface area contributed by atoms with Crippen LogP contribution in [0.3, 0.4) is 0 Å². The lowest BCUT2D eigenvalue weighted by atomic mass is 10.1. The molecule has 0 radical (unpaired) electrons. The summed E-state index contributed by atoms with van der Waals surface area (Å²) < 4.78 is 0. The summed E-state index contributed by atoms with van der Waals surface area (Å²) >= 11 is 6.14. The highest BCUT2D eigenvalue weighted by Crippen LogP contribution is 2.29. The Labute approximate surface area is 178 Å². The van der Waals surface area contributed by atoms with Crippen molar-refractivity contribution in [1.29, 1.82) is 0 Å². The van der Waals surface area contributed by atoms with Crippen LogP contribution in [0.4, 0.5) is 11.4 Å². The molecule has 4 nitrogen and oxygen atoms in total. The zero-order chi connectivity index (χ0) is 18.0. The first-order valence-electron chi connectivity index (χ1n) is 8.59. The Hall–Kier alpha value is -1.62. The number of nitrogens with two attached hydrogens (primary N) is 1. The summed E-state index contributed by atoms with van der Waals surface area (Å²) in [7, 11) is 0. The first-order valence-corrected chi connectivity index (χ1v) is 8.97. The number of anilines is 2. The zero-order valence-electron chi connectivity index (χ0n) is 15.5. The van der Waals surface area contributed by atoms with Crippen molar-refractivity contribution < 1.29 is 4.79 Å². The Morgan fingerprint density at radius 2 is 1.89 bits per heavy atom. The van der Waals surface area contributed by atoms with E-state index < -0.39 is 0 Å². The molecule has 1 atom stereocenters. The number of rotatable bonds is 4. The topological polar surface area (TPSA) is 58.4 Å². The van der Waals surface area contributed by atoms with Crippen molar-refractivity contribution in [1.82, 2.24) is 5.32 Å². The third-order valence-electron chi connectivity index (χ3n) is 4.86. The fourth-order valence-electron chi connectivity index (χ4n) is 3.36. The molecule has 3 N–H and O–H groups in total. The molecule has 1 fully saturated rings. The Balaban J connectivity index is 0.00000182. The summed E-state index contributed by atoms with van der Waals surface area (Å²) in [6.07, 6.45) is 1.06. The molecule has 1 saturated heterocycles. The van der Waals surface area contributed by atoms with E-state index in [1.807, 2.05) is 31.2 Å². The van der Waals surface area contributed by atoms with E-state index in [1.165, 1.54) is 11.3 Å². The van der Waals surface area contributed by atoms with E-state index in [2.05, 4.69) is 23.2 Å². The highest BCUT2D eigenvalue weighted by molar-refractivity contribution is 6.30. The van der Waals surface area contributed by atoms with Gasteiger partial charge in [-0.15, -0.1) is 24.8 Å². The molecule has 2 aromatic carbocycles. The van der Waals surface area contributed by atoms with Crippen molar-refractivity contribution in [3.63, 3.8) is 0 Å². The van der Waals surface area contributed by atoms with Gasteiger partial charge in [-0.3, -0.25) is 4.79 Å². The molecule has 0 bridgehead atoms. The zero-order valence-corrected chi connectivity index (χ0v) is 17.9. The van der Waals surface area contributed by atoms with Gasteiger partial charge < -0.3 is 16.0 Å². The van der Waals surface area contributed by atoms with Crippen LogP contribution in [0.2, 0.25) is 5.02 Å². The van der Waals surface area contributed by atoms with Gasteiger partial charge in [0.05, 0.1) is 0 Å². The first-order chi connectivity index (χ1) is 11.9. The van der Waals surface area contributed by atoms with Gasteiger partial charge in [-0.25, -0.2) is 0 Å². The monoisotopic (exact) mass is 429 g/mol. The number of nitrogens with zero attached hydrogens (tertiary/aromatic N) is 1. The third kappa shape index (κ3) is 5.68. The average Bonchev–Trinajstić information content (AvgIpc) is 3.06. The summed E-state index contributed by atoms with van der Waals surface area (Å²) in [6, 6.07) is 11.4. The molecule has 0 aromatic heterocycles. The summed E-state index contributed by atoms with van der Waals surface area (Å²) in [5, 5.41) is 3.82. The van der Waals surface area contributed by atoms with E-state index in [9.17, 15) is 4.79 Å². The molecular weight excluding hydrogens is 405 g/mol. The van der Waals surface area contributed by atoms with Crippen LogP contribution in [-0.4, -0.2) is 25.5 Å². The number of benzene rings is 2. The smallest absolute Gasteiger partial charge is 0.251 e. The molecule has 1 amide bonds. The van der Waals surface area contributed by atoms with Gasteiger partial charge in [0.2, 0.25) is 0 Å². The van der Waals surface area contributed by atoms with Crippen molar-refractivity contribution in [2.24, 2.45) is 5.92 Å². The van der Waals surface area contributed by atoms with Gasteiger partial charge in [-0.1, -0.05) is 23.7 Å². The maximum Gasteiger partial charge on any atom is 0.251 e. The van der Waals surface area contributed by atoms with Gasteiger partial charge >= 0.3 is 0 Å². The number of amides is 1. The van der Waals surface area contributed by atoms with E-state index in [-0.39, 0.29) is 30.7 Å². The van der Waals surface area contributed by atoms with Gasteiger partial charge in [0.15, 0.2) is 0 Å². The lowest BCUT2D eigenvalue weighted by Gasteiger charge is -2.21. The van der Waals surface area contributed by atoms with Crippen LogP contribution in [0.5, 0.6) is 0 Å². The average molecular weight is 431 g/mol. The van der Waals surface area contributed by atoms with Crippen molar-refractivity contribution in [2.75, 3.05) is 30.3 Å². The van der Waals surface area contributed by atoms with Crippen molar-refractivity contribution in [2.45, 2.75) is 20.3 Å². The standard InChI is InChI=1S/C20H24ClN3O.2ClH/c1-13-4-6-17(22)10-18(13)20(25)23-11-15-7-8-24(12-15)19-9-16(21)5-3-14(19)2;;/h3-6,9-10,15H,7-8,11-12,22H2,1-2H3,(H,23,25);2*1H. The number of carbonyl (C=O) groups is 1. The molecule has 7 heteroatoms. The highest BCUT2D eigenvalue weighted by atomic mass is 35.5. The molecule has 27 heavy (non-hydrogen) atoms. The number of hydrogen-bond acceptors (Lipinski definition) is 3. The predicted octanol–water partition coefficient (Wildman–Crippen LogP) is 4.64. The van der Waals surface area contributed by atoms with Crippen LogP contribution in [-0.2, 0) is 0 Å². The van der Waals surface area contributed by atoms with Crippen LogP contribution in [0, 0.1) is 19.8 Å². The Bertz CT molecular complexity index is 798. The summed E-state index contributed by atoms with van der Waals surface area (Å²) in [5.74, 6) is 0.380. The largest absolute Gasteiger partial charge is 0.399 e. The molecule has 1 aliphatic heterocycles. The minimum Gasteiger partial charge on any atom is -0.399 e. The second-order valence-corrected chi connectivity index (χ2v) is 7.25. The number of aryl methyl sites for hydroxylation is 2. The first kappa shape index (κ1) is 23.4. The third-order valence-corrected chi connectivity index (χ3v) is 5.09. The minimum absolute atomic E-state index is 0. The quantitative estimate of drug-likeness (QED) is 0.695. The molecule has 0 saturated carbocycles. The SMILES string of the molecule is Cc1ccc(N)cc1C(=O)NCC1CCN(c2cc(Cl)ccc2C)C1.Cl.Cl. The van der Waals surface area contributed by atoms with E-state index >= 15 is 0 Å². The van der Waals surface area contributed by atoms with Crippen LogP contribution in [0.25, 0.3) is 0 Å². The van der Waals surface area contributed by atoms with Crippen molar-refractivity contribution >= 4 is 53.7 Å². The fraction of sp³-hybridized carbons (Fsp3) is 0.350. The van der Waals surface area contributed by atoms with Crippen LogP contribution in [0.15, 0.2) is 36.4 Å². The normalized spacial score (nSPS) is 15.7. The van der Waals surface area contributed by atoms with Crippen LogP contribution >= 0.6 is 36.4 Å². The van der Waals surface area contributed by atoms with Gasteiger partial charge in [0.1, 0.15) is 0 Å². The summed E-state index contributed by atoms with van der Waals surface area (Å²) in [4.78, 5) is 14.8. The van der Waals surface area contributed by atoms with Gasteiger partial charge in [-0.2, -0.15) is 0 Å². The number of nitrogens with one attached hydrogen (secondary N) is 1. The minimum atomic E-state index is -0.0535. The molecular formula is C20H26Cl3N3O. The lowest BCUT2D eigenvalue weighted by molar-refractivity contribution is 0.0947. The summed E-state index contributed by atoms with van der Waals surface area (Å²) in [6.45, 7) is 6.61. The summed E-state index contributed by atoms with van der Waals surface area (Å²) in [5.41, 5.74) is 10.4. The van der Waals surface area contributed by atoms with E-state index in [0.29, 0.717) is 23.7 Å². The van der Waals surface area contributed by atoms with Gasteiger partial charge in [-0.05, 0) is 61.6 Å². The maximum absolute atomic E-state index is 12.4. The maximum atomic E-state index is 12.4. The van der Waals surface area contributed by atoms with E-state index in [4.69, 9.17) is 17.3 Å². The number of hydrogen-bond donors (Lipinski definition) is 2. The molecule has 1 aliphatic rings.